The van der Waals surface area contributed by atoms with E-state index in [1.807, 2.05) is 12.1 Å². The van der Waals surface area contributed by atoms with Gasteiger partial charge in [0.15, 0.2) is 5.96 Å². The van der Waals surface area contributed by atoms with E-state index in [0.29, 0.717) is 0 Å². The van der Waals surface area contributed by atoms with Crippen molar-refractivity contribution in [2.75, 3.05) is 20.1 Å². The van der Waals surface area contributed by atoms with Gasteiger partial charge in [0, 0.05) is 20.1 Å². The van der Waals surface area contributed by atoms with Crippen molar-refractivity contribution in [1.29, 1.82) is 0 Å². The molecule has 24 heavy (non-hydrogen) atoms. The van der Waals surface area contributed by atoms with E-state index in [4.69, 9.17) is 0 Å². The average molecular weight is 441 g/mol. The lowest BCUT2D eigenvalue weighted by Crippen LogP contribution is -2.38. The molecule has 130 valence electrons. The van der Waals surface area contributed by atoms with Crippen molar-refractivity contribution >= 4 is 29.9 Å². The van der Waals surface area contributed by atoms with Gasteiger partial charge in [-0.25, -0.2) is 4.39 Å². The Labute approximate surface area is 160 Å². The Morgan fingerprint density at radius 2 is 1.62 bits per heavy atom. The Kier molecular flexibility index (Phi) is 10.1. The molecule has 0 bridgehead atoms. The number of guanidine groups is 1. The summed E-state index contributed by atoms with van der Waals surface area (Å²) in [5.74, 6) is 0.598. The van der Waals surface area contributed by atoms with Gasteiger partial charge in [-0.1, -0.05) is 42.5 Å². The summed E-state index contributed by atoms with van der Waals surface area (Å²) in [6.07, 6.45) is 2.87. The molecule has 0 saturated carbocycles. The molecule has 0 aliphatic carbocycles. The van der Waals surface area contributed by atoms with Gasteiger partial charge < -0.3 is 10.6 Å². The second-order valence-electron chi connectivity index (χ2n) is 5.39. The highest BCUT2D eigenvalue weighted by molar-refractivity contribution is 14.0. The third-order valence-corrected chi connectivity index (χ3v) is 3.60. The fourth-order valence-electron chi connectivity index (χ4n) is 2.38. The van der Waals surface area contributed by atoms with Gasteiger partial charge in [-0.05, 0) is 42.5 Å². The Bertz CT molecular complexity index is 617. The van der Waals surface area contributed by atoms with Gasteiger partial charge in [-0.3, -0.25) is 4.99 Å². The Hall–Kier alpha value is -1.63. The molecule has 0 atom stereocenters. The number of hydrogen-bond acceptors (Lipinski definition) is 1. The van der Waals surface area contributed by atoms with Crippen LogP contribution in [-0.2, 0) is 12.8 Å². The van der Waals surface area contributed by atoms with E-state index in [-0.39, 0.29) is 29.8 Å². The first kappa shape index (κ1) is 20.4. The molecule has 0 heterocycles. The number of aliphatic imine (C=N–C) groups is 1. The van der Waals surface area contributed by atoms with Crippen molar-refractivity contribution in [3.05, 3.63) is 71.5 Å². The van der Waals surface area contributed by atoms with Gasteiger partial charge in [-0.15, -0.1) is 24.0 Å². The van der Waals surface area contributed by atoms with Crippen LogP contribution in [0, 0.1) is 5.82 Å². The van der Waals surface area contributed by atoms with E-state index < -0.39 is 0 Å². The Morgan fingerprint density at radius 3 is 2.33 bits per heavy atom. The van der Waals surface area contributed by atoms with Gasteiger partial charge in [0.25, 0.3) is 0 Å². The lowest BCUT2D eigenvalue weighted by atomic mass is 10.1. The highest BCUT2D eigenvalue weighted by atomic mass is 127. The lowest BCUT2D eigenvalue weighted by Gasteiger charge is -2.12. The monoisotopic (exact) mass is 441 g/mol. The topological polar surface area (TPSA) is 36.4 Å². The molecule has 0 aliphatic rings. The zero-order valence-corrected chi connectivity index (χ0v) is 16.3. The molecule has 2 rings (SSSR count). The minimum absolute atomic E-state index is 0. The minimum Gasteiger partial charge on any atom is -0.356 e. The summed E-state index contributed by atoms with van der Waals surface area (Å²) >= 11 is 0. The summed E-state index contributed by atoms with van der Waals surface area (Å²) in [7, 11) is 1.76. The normalized spacial score (nSPS) is 10.8. The molecule has 0 aromatic heterocycles. The van der Waals surface area contributed by atoms with Crippen LogP contribution in [-0.4, -0.2) is 26.1 Å². The molecule has 0 saturated heterocycles. The molecule has 3 nitrogen and oxygen atoms in total. The average Bonchev–Trinajstić information content (AvgIpc) is 2.58. The van der Waals surface area contributed by atoms with Crippen LogP contribution in [0.3, 0.4) is 0 Å². The second kappa shape index (κ2) is 11.8. The zero-order valence-electron chi connectivity index (χ0n) is 14.0. The van der Waals surface area contributed by atoms with Crippen LogP contribution in [0.4, 0.5) is 4.39 Å². The van der Waals surface area contributed by atoms with Crippen LogP contribution in [0.5, 0.6) is 0 Å². The molecule has 0 aliphatic heterocycles. The second-order valence-corrected chi connectivity index (χ2v) is 5.39. The maximum absolute atomic E-state index is 13.1. The van der Waals surface area contributed by atoms with Crippen LogP contribution < -0.4 is 10.6 Å². The summed E-state index contributed by atoms with van der Waals surface area (Å²) in [5, 5.41) is 6.55. The van der Waals surface area contributed by atoms with Crippen LogP contribution in [0.2, 0.25) is 0 Å². The summed E-state index contributed by atoms with van der Waals surface area (Å²) in [6, 6.07) is 17.2. The fraction of sp³-hybridized carbons (Fsp3) is 0.316. The Balaban J connectivity index is 0.00000288. The predicted octanol–water partition coefficient (Wildman–Crippen LogP) is 3.78. The van der Waals surface area contributed by atoms with Crippen molar-refractivity contribution < 1.29 is 4.39 Å². The first-order valence-corrected chi connectivity index (χ1v) is 8.01. The zero-order chi connectivity index (χ0) is 16.3. The third kappa shape index (κ3) is 7.77. The molecular formula is C19H25FIN3. The molecule has 0 amide bonds. The molecule has 0 fully saturated rings. The summed E-state index contributed by atoms with van der Waals surface area (Å²) in [4.78, 5) is 4.20. The lowest BCUT2D eigenvalue weighted by molar-refractivity contribution is 0.625. The van der Waals surface area contributed by atoms with Gasteiger partial charge in [0.05, 0.1) is 0 Å². The summed E-state index contributed by atoms with van der Waals surface area (Å²) < 4.78 is 13.1. The predicted molar refractivity (Wildman–Crippen MR) is 110 cm³/mol. The largest absolute Gasteiger partial charge is 0.356 e. The third-order valence-electron chi connectivity index (χ3n) is 3.60. The van der Waals surface area contributed by atoms with Crippen molar-refractivity contribution in [3.63, 3.8) is 0 Å². The standard InChI is InChI=1S/C19H24FN3.HI/c1-21-19(22-13-6-10-16-7-3-2-4-8-16)23-14-12-17-9-5-11-18(20)15-17;/h2-5,7-9,11,15H,6,10,12-14H2,1H3,(H2,21,22,23);1H. The highest BCUT2D eigenvalue weighted by Crippen LogP contribution is 2.03. The number of benzene rings is 2. The molecule has 2 aromatic rings. The number of nitrogens with one attached hydrogen (secondary N) is 2. The Morgan fingerprint density at radius 1 is 0.917 bits per heavy atom. The number of nitrogens with zero attached hydrogens (tertiary/aromatic N) is 1. The van der Waals surface area contributed by atoms with Gasteiger partial charge in [-0.2, -0.15) is 0 Å². The van der Waals surface area contributed by atoms with E-state index >= 15 is 0 Å². The van der Waals surface area contributed by atoms with Gasteiger partial charge >= 0.3 is 0 Å². The van der Waals surface area contributed by atoms with E-state index in [2.05, 4.69) is 39.9 Å². The molecule has 2 N–H and O–H groups in total. The number of halogens is 2. The van der Waals surface area contributed by atoms with Crippen LogP contribution in [0.25, 0.3) is 0 Å². The van der Waals surface area contributed by atoms with Crippen LogP contribution >= 0.6 is 24.0 Å². The molecule has 0 spiro atoms. The van der Waals surface area contributed by atoms with Crippen molar-refractivity contribution in [2.45, 2.75) is 19.3 Å². The maximum Gasteiger partial charge on any atom is 0.190 e. The molecule has 0 unspecified atom stereocenters. The van der Waals surface area contributed by atoms with E-state index in [9.17, 15) is 4.39 Å². The smallest absolute Gasteiger partial charge is 0.190 e. The quantitative estimate of drug-likeness (QED) is 0.297. The minimum atomic E-state index is -0.189. The van der Waals surface area contributed by atoms with Crippen LogP contribution in [0.15, 0.2) is 59.6 Å². The molecule has 2 aromatic carbocycles. The number of aryl methyl sites for hydroxylation is 1. The van der Waals surface area contributed by atoms with Gasteiger partial charge in [0.2, 0.25) is 0 Å². The SMILES string of the molecule is CN=C(NCCCc1ccccc1)NCCc1cccc(F)c1.I. The summed E-state index contributed by atoms with van der Waals surface area (Å²) in [6.45, 7) is 1.59. The molecular weight excluding hydrogens is 416 g/mol. The summed E-state index contributed by atoms with van der Waals surface area (Å²) in [5.41, 5.74) is 2.33. The van der Waals surface area contributed by atoms with E-state index in [0.717, 1.165) is 43.9 Å². The number of rotatable bonds is 7. The van der Waals surface area contributed by atoms with Crippen LogP contribution in [0.1, 0.15) is 17.5 Å². The highest BCUT2D eigenvalue weighted by Gasteiger charge is 1.99. The molecule has 5 heteroatoms. The first-order chi connectivity index (χ1) is 11.3. The fourth-order valence-corrected chi connectivity index (χ4v) is 2.38. The van der Waals surface area contributed by atoms with E-state index in [1.165, 1.54) is 11.6 Å². The van der Waals surface area contributed by atoms with E-state index in [1.54, 1.807) is 19.2 Å². The van der Waals surface area contributed by atoms with Crippen molar-refractivity contribution in [3.8, 4) is 0 Å². The molecule has 0 radical (unpaired) electrons. The first-order valence-electron chi connectivity index (χ1n) is 8.01. The number of hydrogen-bond donors (Lipinski definition) is 2. The maximum atomic E-state index is 13.1. The van der Waals surface area contributed by atoms with Gasteiger partial charge in [0.1, 0.15) is 5.82 Å². The van der Waals surface area contributed by atoms with Crippen molar-refractivity contribution in [1.82, 2.24) is 10.6 Å². The van der Waals surface area contributed by atoms with Crippen molar-refractivity contribution in [2.24, 2.45) is 4.99 Å².